The Morgan fingerprint density at radius 1 is 1.15 bits per heavy atom. The van der Waals surface area contributed by atoms with E-state index in [0.717, 1.165) is 22.4 Å². The number of rotatable bonds is 5. The lowest BCUT2D eigenvalue weighted by Gasteiger charge is -2.14. The van der Waals surface area contributed by atoms with Crippen LogP contribution in [-0.2, 0) is 6.42 Å². The van der Waals surface area contributed by atoms with E-state index in [1.54, 1.807) is 6.07 Å². The maximum Gasteiger partial charge on any atom is 0.137 e. The minimum atomic E-state index is -0.168. The number of benzene rings is 2. The van der Waals surface area contributed by atoms with Crippen molar-refractivity contribution in [3.63, 3.8) is 0 Å². The van der Waals surface area contributed by atoms with Crippen LogP contribution in [0.15, 0.2) is 52.3 Å². The van der Waals surface area contributed by atoms with Gasteiger partial charge in [0.1, 0.15) is 5.82 Å². The first-order chi connectivity index (χ1) is 9.61. The molecule has 1 atom stereocenters. The zero-order valence-electron chi connectivity index (χ0n) is 11.9. The SMILES string of the molecule is CCC(N)Cc1cccc(F)c1Sc1ccccc1C. The van der Waals surface area contributed by atoms with E-state index >= 15 is 0 Å². The maximum absolute atomic E-state index is 14.2. The molecule has 2 N–H and O–H groups in total. The molecule has 0 bridgehead atoms. The lowest BCUT2D eigenvalue weighted by atomic mass is 10.0. The molecule has 106 valence electrons. The van der Waals surface area contributed by atoms with Crippen molar-refractivity contribution in [3.8, 4) is 0 Å². The van der Waals surface area contributed by atoms with Crippen molar-refractivity contribution in [3.05, 3.63) is 59.4 Å². The van der Waals surface area contributed by atoms with Gasteiger partial charge in [-0.15, -0.1) is 0 Å². The second-order valence-electron chi connectivity index (χ2n) is 4.97. The minimum absolute atomic E-state index is 0.0769. The molecule has 0 aliphatic heterocycles. The summed E-state index contributed by atoms with van der Waals surface area (Å²) >= 11 is 1.49. The first-order valence-electron chi connectivity index (χ1n) is 6.88. The summed E-state index contributed by atoms with van der Waals surface area (Å²) in [7, 11) is 0. The highest BCUT2D eigenvalue weighted by Gasteiger charge is 2.13. The molecule has 0 saturated carbocycles. The Kier molecular flexibility index (Phi) is 5.21. The molecule has 2 rings (SSSR count). The first kappa shape index (κ1) is 15.1. The normalized spacial score (nSPS) is 12.4. The zero-order valence-corrected chi connectivity index (χ0v) is 12.7. The Bertz CT molecular complexity index is 583. The molecule has 1 unspecified atom stereocenters. The minimum Gasteiger partial charge on any atom is -0.327 e. The highest BCUT2D eigenvalue weighted by molar-refractivity contribution is 7.99. The molecule has 0 spiro atoms. The standard InChI is InChI=1S/C17H20FNS/c1-3-14(19)11-13-8-6-9-15(18)17(13)20-16-10-5-4-7-12(16)2/h4-10,14H,3,11,19H2,1-2H3. The van der Waals surface area contributed by atoms with Gasteiger partial charge in [-0.05, 0) is 43.0 Å². The Labute approximate surface area is 124 Å². The summed E-state index contributed by atoms with van der Waals surface area (Å²) in [6.07, 6.45) is 1.60. The van der Waals surface area contributed by atoms with Gasteiger partial charge in [0.2, 0.25) is 0 Å². The molecule has 0 saturated heterocycles. The zero-order chi connectivity index (χ0) is 14.5. The Balaban J connectivity index is 2.33. The van der Waals surface area contributed by atoms with Crippen LogP contribution in [0.3, 0.4) is 0 Å². The predicted octanol–water partition coefficient (Wildman–Crippen LogP) is 4.57. The van der Waals surface area contributed by atoms with Gasteiger partial charge in [-0.1, -0.05) is 49.0 Å². The van der Waals surface area contributed by atoms with E-state index in [1.807, 2.05) is 37.3 Å². The third kappa shape index (κ3) is 3.62. The second-order valence-corrected chi connectivity index (χ2v) is 6.02. The average Bonchev–Trinajstić information content (AvgIpc) is 2.44. The lowest BCUT2D eigenvalue weighted by molar-refractivity contribution is 0.585. The van der Waals surface area contributed by atoms with Crippen LogP contribution in [0.5, 0.6) is 0 Å². The number of aryl methyl sites for hydroxylation is 1. The molecule has 2 aromatic carbocycles. The number of nitrogens with two attached hydrogens (primary N) is 1. The van der Waals surface area contributed by atoms with Crippen molar-refractivity contribution in [1.82, 2.24) is 0 Å². The van der Waals surface area contributed by atoms with Crippen molar-refractivity contribution in [2.45, 2.75) is 42.5 Å². The van der Waals surface area contributed by atoms with Crippen molar-refractivity contribution in [2.24, 2.45) is 5.73 Å². The van der Waals surface area contributed by atoms with Crippen molar-refractivity contribution < 1.29 is 4.39 Å². The Morgan fingerprint density at radius 2 is 1.90 bits per heavy atom. The van der Waals surface area contributed by atoms with Crippen LogP contribution in [0.25, 0.3) is 0 Å². The molecular weight excluding hydrogens is 269 g/mol. The molecule has 2 aromatic rings. The fraction of sp³-hybridized carbons (Fsp3) is 0.294. The topological polar surface area (TPSA) is 26.0 Å². The van der Waals surface area contributed by atoms with Crippen molar-refractivity contribution in [2.75, 3.05) is 0 Å². The summed E-state index contributed by atoms with van der Waals surface area (Å²) in [5.41, 5.74) is 8.17. The van der Waals surface area contributed by atoms with Gasteiger partial charge in [-0.25, -0.2) is 4.39 Å². The van der Waals surface area contributed by atoms with Crippen LogP contribution in [0.2, 0.25) is 0 Å². The summed E-state index contributed by atoms with van der Waals surface area (Å²) in [6, 6.07) is 13.4. The first-order valence-corrected chi connectivity index (χ1v) is 7.70. The molecular formula is C17H20FNS. The van der Waals surface area contributed by atoms with E-state index < -0.39 is 0 Å². The van der Waals surface area contributed by atoms with Gasteiger partial charge in [0.05, 0.1) is 4.90 Å². The van der Waals surface area contributed by atoms with Crippen LogP contribution < -0.4 is 5.73 Å². The molecule has 0 aromatic heterocycles. The summed E-state index contributed by atoms with van der Waals surface area (Å²) in [4.78, 5) is 1.79. The summed E-state index contributed by atoms with van der Waals surface area (Å²) in [5, 5.41) is 0. The molecule has 0 fully saturated rings. The van der Waals surface area contributed by atoms with E-state index in [-0.39, 0.29) is 11.9 Å². The van der Waals surface area contributed by atoms with Gasteiger partial charge in [0.15, 0.2) is 0 Å². The van der Waals surface area contributed by atoms with E-state index in [4.69, 9.17) is 5.73 Å². The quantitative estimate of drug-likeness (QED) is 0.873. The molecule has 0 aliphatic rings. The van der Waals surface area contributed by atoms with E-state index in [0.29, 0.717) is 11.3 Å². The largest absolute Gasteiger partial charge is 0.327 e. The summed E-state index contributed by atoms with van der Waals surface area (Å²) < 4.78 is 14.2. The molecule has 20 heavy (non-hydrogen) atoms. The number of hydrogen-bond donors (Lipinski definition) is 1. The summed E-state index contributed by atoms with van der Waals surface area (Å²) in [5.74, 6) is -0.168. The van der Waals surface area contributed by atoms with Gasteiger partial charge in [0.25, 0.3) is 0 Å². The van der Waals surface area contributed by atoms with Crippen LogP contribution in [0.1, 0.15) is 24.5 Å². The monoisotopic (exact) mass is 289 g/mol. The average molecular weight is 289 g/mol. The van der Waals surface area contributed by atoms with Gasteiger partial charge < -0.3 is 5.73 Å². The molecule has 3 heteroatoms. The fourth-order valence-corrected chi connectivity index (χ4v) is 3.08. The van der Waals surface area contributed by atoms with Gasteiger partial charge >= 0.3 is 0 Å². The van der Waals surface area contributed by atoms with E-state index in [2.05, 4.69) is 6.92 Å². The predicted molar refractivity (Wildman–Crippen MR) is 83.7 cm³/mol. The molecule has 0 aliphatic carbocycles. The molecule has 0 amide bonds. The Hall–Kier alpha value is -1.32. The van der Waals surface area contributed by atoms with Crippen LogP contribution >= 0.6 is 11.8 Å². The van der Waals surface area contributed by atoms with E-state index in [9.17, 15) is 4.39 Å². The lowest BCUT2D eigenvalue weighted by Crippen LogP contribution is -2.21. The third-order valence-corrected chi connectivity index (χ3v) is 4.70. The van der Waals surface area contributed by atoms with Crippen LogP contribution in [0.4, 0.5) is 4.39 Å². The number of hydrogen-bond acceptors (Lipinski definition) is 2. The van der Waals surface area contributed by atoms with Crippen LogP contribution in [0, 0.1) is 12.7 Å². The molecule has 0 radical (unpaired) electrons. The molecule has 1 nitrogen and oxygen atoms in total. The molecule has 0 heterocycles. The maximum atomic E-state index is 14.2. The van der Waals surface area contributed by atoms with Gasteiger partial charge in [-0.2, -0.15) is 0 Å². The Morgan fingerprint density at radius 3 is 2.60 bits per heavy atom. The fourth-order valence-electron chi connectivity index (χ4n) is 2.04. The van der Waals surface area contributed by atoms with Gasteiger partial charge in [-0.3, -0.25) is 0 Å². The van der Waals surface area contributed by atoms with E-state index in [1.165, 1.54) is 17.8 Å². The number of halogens is 1. The van der Waals surface area contributed by atoms with Crippen molar-refractivity contribution in [1.29, 1.82) is 0 Å². The highest BCUT2D eigenvalue weighted by Crippen LogP contribution is 2.35. The third-order valence-electron chi connectivity index (χ3n) is 3.36. The highest BCUT2D eigenvalue weighted by atomic mass is 32.2. The van der Waals surface area contributed by atoms with Gasteiger partial charge in [0, 0.05) is 10.9 Å². The summed E-state index contributed by atoms with van der Waals surface area (Å²) in [6.45, 7) is 4.10. The second kappa shape index (κ2) is 6.91. The van der Waals surface area contributed by atoms with Crippen molar-refractivity contribution >= 4 is 11.8 Å². The van der Waals surface area contributed by atoms with Crippen LogP contribution in [-0.4, -0.2) is 6.04 Å². The smallest absolute Gasteiger partial charge is 0.137 e.